The van der Waals surface area contributed by atoms with Crippen LogP contribution in [0.4, 0.5) is 0 Å². The van der Waals surface area contributed by atoms with Crippen LogP contribution in [0, 0.1) is 6.92 Å². The van der Waals surface area contributed by atoms with E-state index in [4.69, 9.17) is 30.8 Å². The molecule has 0 saturated carbocycles. The molecule has 0 saturated heterocycles. The second-order valence-corrected chi connectivity index (χ2v) is 10.3. The number of fused-ring (bicyclic) bond motifs is 1. The minimum absolute atomic E-state index is 0.448. The van der Waals surface area contributed by atoms with Crippen LogP contribution in [-0.2, 0) is 20.7 Å². The van der Waals surface area contributed by atoms with Gasteiger partial charge in [-0.15, -0.1) is 0 Å². The van der Waals surface area contributed by atoms with Crippen molar-refractivity contribution in [2.75, 3.05) is 13.7 Å². The highest BCUT2D eigenvalue weighted by atomic mass is 35.5. The third kappa shape index (κ3) is 4.24. The summed E-state index contributed by atoms with van der Waals surface area (Å²) in [6.45, 7) is 8.43. The Morgan fingerprint density at radius 1 is 1.14 bits per heavy atom. The normalized spacial score (nSPS) is 14.1. The largest absolute Gasteiger partial charge is 0.493 e. The van der Waals surface area contributed by atoms with E-state index in [0.717, 1.165) is 56.1 Å². The van der Waals surface area contributed by atoms with Gasteiger partial charge in [-0.3, -0.25) is 4.98 Å². The van der Waals surface area contributed by atoms with Gasteiger partial charge < -0.3 is 14.2 Å². The molecule has 1 aliphatic rings. The maximum absolute atomic E-state index is 13.1. The summed E-state index contributed by atoms with van der Waals surface area (Å²) >= 11 is 6.37. The molecule has 35 heavy (non-hydrogen) atoms. The molecule has 6 heteroatoms. The number of nitrogens with zero attached hydrogens (tertiary/aromatic N) is 1. The van der Waals surface area contributed by atoms with Gasteiger partial charge in [-0.1, -0.05) is 23.7 Å². The zero-order valence-electron chi connectivity index (χ0n) is 20.6. The number of halogens is 1. The Morgan fingerprint density at radius 2 is 1.94 bits per heavy atom. The van der Waals surface area contributed by atoms with Gasteiger partial charge >= 0.3 is 5.97 Å². The van der Waals surface area contributed by atoms with Gasteiger partial charge in [0, 0.05) is 34.2 Å². The fourth-order valence-electron chi connectivity index (χ4n) is 4.95. The summed E-state index contributed by atoms with van der Waals surface area (Å²) < 4.78 is 17.5. The molecule has 3 aromatic carbocycles. The molecule has 4 aromatic rings. The summed E-state index contributed by atoms with van der Waals surface area (Å²) in [5.74, 6) is 0.381. The van der Waals surface area contributed by atoms with E-state index >= 15 is 0 Å². The van der Waals surface area contributed by atoms with Gasteiger partial charge in [0.1, 0.15) is 5.75 Å². The number of carbonyl (C=O) groups is 1. The van der Waals surface area contributed by atoms with Crippen molar-refractivity contribution < 1.29 is 19.0 Å². The molecule has 2 heterocycles. The molecule has 0 unspecified atom stereocenters. The van der Waals surface area contributed by atoms with Crippen molar-refractivity contribution in [2.24, 2.45) is 0 Å². The van der Waals surface area contributed by atoms with Crippen molar-refractivity contribution in [3.63, 3.8) is 0 Å². The molecular formula is C29H28ClNO4. The van der Waals surface area contributed by atoms with Crippen LogP contribution in [0.3, 0.4) is 0 Å². The smallest absolute Gasteiger partial charge is 0.339 e. The third-order valence-corrected chi connectivity index (χ3v) is 6.57. The topological polar surface area (TPSA) is 57.7 Å². The van der Waals surface area contributed by atoms with Gasteiger partial charge in [0.15, 0.2) is 6.10 Å². The average Bonchev–Trinajstić information content (AvgIpc) is 2.81. The monoisotopic (exact) mass is 489 g/mol. The molecule has 0 spiro atoms. The van der Waals surface area contributed by atoms with Crippen LogP contribution in [0.5, 0.6) is 5.75 Å². The Kier molecular flexibility index (Phi) is 5.94. The molecule has 1 aliphatic heterocycles. The summed E-state index contributed by atoms with van der Waals surface area (Å²) in [5, 5.41) is 3.59. The zero-order valence-corrected chi connectivity index (χ0v) is 21.3. The minimum atomic E-state index is -0.919. The van der Waals surface area contributed by atoms with E-state index in [0.29, 0.717) is 11.6 Å². The lowest BCUT2D eigenvalue weighted by Crippen LogP contribution is -2.29. The first-order valence-corrected chi connectivity index (χ1v) is 12.1. The molecular weight excluding hydrogens is 462 g/mol. The fraction of sp³-hybridized carbons (Fsp3) is 0.310. The summed E-state index contributed by atoms with van der Waals surface area (Å²) in [6, 6.07) is 13.9. The lowest BCUT2D eigenvalue weighted by atomic mass is 9.85. The first kappa shape index (κ1) is 23.6. The van der Waals surface area contributed by atoms with Crippen molar-refractivity contribution in [3.8, 4) is 16.9 Å². The van der Waals surface area contributed by atoms with Crippen LogP contribution in [0.25, 0.3) is 32.8 Å². The first-order valence-electron chi connectivity index (χ1n) is 11.7. The second kappa shape index (κ2) is 8.81. The van der Waals surface area contributed by atoms with Gasteiger partial charge in [0.2, 0.25) is 0 Å². The number of hydrogen-bond donors (Lipinski definition) is 0. The van der Waals surface area contributed by atoms with Crippen molar-refractivity contribution in [1.82, 2.24) is 4.98 Å². The van der Waals surface area contributed by atoms with E-state index in [9.17, 15) is 4.79 Å². The standard InChI is InChI=1S/C29H28ClNO4/c1-16-14-18-15-19(30)6-7-20(18)25(23(16)27(28(32)33-5)35-29(2,3)4)21-8-9-22-24-17(11-13-34-22)10-12-31-26(21)24/h6-10,12,14-15,27H,11,13H2,1-5H3/t27-/m0/s1. The maximum Gasteiger partial charge on any atom is 0.339 e. The van der Waals surface area contributed by atoms with Crippen molar-refractivity contribution >= 4 is 39.2 Å². The number of aryl methyl sites for hydroxylation is 1. The van der Waals surface area contributed by atoms with Gasteiger partial charge in [0.05, 0.1) is 24.8 Å². The van der Waals surface area contributed by atoms with E-state index in [1.54, 1.807) is 0 Å². The molecule has 5 rings (SSSR count). The van der Waals surface area contributed by atoms with Crippen LogP contribution in [-0.4, -0.2) is 30.3 Å². The van der Waals surface area contributed by atoms with Gasteiger partial charge in [0.25, 0.3) is 0 Å². The summed E-state index contributed by atoms with van der Waals surface area (Å²) in [5.41, 5.74) is 4.93. The quantitative estimate of drug-likeness (QED) is 0.289. The molecule has 0 N–H and O–H groups in total. The Balaban J connectivity index is 1.91. The number of carbonyl (C=O) groups excluding carboxylic acids is 1. The first-order chi connectivity index (χ1) is 16.7. The molecule has 0 bridgehead atoms. The summed E-state index contributed by atoms with van der Waals surface area (Å²) in [7, 11) is 1.39. The van der Waals surface area contributed by atoms with Crippen molar-refractivity contribution in [2.45, 2.75) is 45.8 Å². The fourth-order valence-corrected chi connectivity index (χ4v) is 5.13. The minimum Gasteiger partial charge on any atom is -0.493 e. The molecule has 5 nitrogen and oxygen atoms in total. The molecule has 0 amide bonds. The molecule has 0 aliphatic carbocycles. The number of hydrogen-bond acceptors (Lipinski definition) is 5. The van der Waals surface area contributed by atoms with Crippen molar-refractivity contribution in [3.05, 3.63) is 70.4 Å². The highest BCUT2D eigenvalue weighted by molar-refractivity contribution is 6.31. The van der Waals surface area contributed by atoms with E-state index in [1.807, 2.05) is 76.4 Å². The van der Waals surface area contributed by atoms with E-state index < -0.39 is 17.7 Å². The van der Waals surface area contributed by atoms with Crippen molar-refractivity contribution in [1.29, 1.82) is 0 Å². The highest BCUT2D eigenvalue weighted by Gasteiger charge is 2.33. The number of methoxy groups -OCH3 is 1. The number of benzene rings is 3. The summed E-state index contributed by atoms with van der Waals surface area (Å²) in [4.78, 5) is 17.9. The second-order valence-electron chi connectivity index (χ2n) is 9.88. The summed E-state index contributed by atoms with van der Waals surface area (Å²) in [6.07, 6.45) is 1.75. The molecule has 1 aromatic heterocycles. The third-order valence-electron chi connectivity index (χ3n) is 6.34. The number of esters is 1. The highest BCUT2D eigenvalue weighted by Crippen LogP contribution is 2.45. The Morgan fingerprint density at radius 3 is 2.69 bits per heavy atom. The van der Waals surface area contributed by atoms with Crippen LogP contribution >= 0.6 is 11.6 Å². The predicted octanol–water partition coefficient (Wildman–Crippen LogP) is 6.98. The Bertz CT molecular complexity index is 1460. The average molecular weight is 490 g/mol. The Hall–Kier alpha value is -3.15. The Labute approximate surface area is 210 Å². The van der Waals surface area contributed by atoms with E-state index in [2.05, 4.69) is 0 Å². The molecule has 180 valence electrons. The van der Waals surface area contributed by atoms with E-state index in [-0.39, 0.29) is 0 Å². The number of aromatic nitrogens is 1. The van der Waals surface area contributed by atoms with Crippen LogP contribution < -0.4 is 4.74 Å². The number of pyridine rings is 1. The van der Waals surface area contributed by atoms with E-state index in [1.165, 1.54) is 12.7 Å². The van der Waals surface area contributed by atoms with Crippen LogP contribution in [0.2, 0.25) is 5.02 Å². The lowest BCUT2D eigenvalue weighted by Gasteiger charge is -2.30. The van der Waals surface area contributed by atoms with Gasteiger partial charge in [-0.05, 0) is 85.5 Å². The number of rotatable bonds is 4. The van der Waals surface area contributed by atoms with Crippen LogP contribution in [0.15, 0.2) is 48.7 Å². The molecule has 0 fully saturated rings. The van der Waals surface area contributed by atoms with Crippen LogP contribution in [0.1, 0.15) is 43.6 Å². The van der Waals surface area contributed by atoms with Gasteiger partial charge in [-0.2, -0.15) is 0 Å². The van der Waals surface area contributed by atoms with Gasteiger partial charge in [-0.25, -0.2) is 4.79 Å². The SMILES string of the molecule is COC(=O)[C@@H](OC(C)(C)C)c1c(C)cc2cc(Cl)ccc2c1-c1ccc2c3c(ccnc13)CCO2. The predicted molar refractivity (Wildman–Crippen MR) is 139 cm³/mol. The molecule has 1 atom stereocenters. The maximum atomic E-state index is 13.1. The molecule has 0 radical (unpaired) electrons. The zero-order chi connectivity index (χ0) is 24.9. The number of ether oxygens (including phenoxy) is 3. The lowest BCUT2D eigenvalue weighted by molar-refractivity contribution is -0.164.